The molecule has 0 saturated carbocycles. The zero-order chi connectivity index (χ0) is 10.3. The Hall–Kier alpha value is -1.05. The molecule has 0 aromatic rings. The molecule has 0 aromatic carbocycles. The average molecular weight is 184 g/mol. The molecule has 2 unspecified atom stereocenters. The maximum Gasteiger partial charge on any atom is 0.223 e. The van der Waals surface area contributed by atoms with Gasteiger partial charge in [-0.15, -0.1) is 6.42 Å². The first-order valence-corrected chi connectivity index (χ1v) is 4.12. The standard InChI is InChI=1S/C9H16N2O2/c1-4-7(2)11-9(12)5-8(6-10)13-3/h1,7-8H,5-6,10H2,2-3H3,(H,11,12). The van der Waals surface area contributed by atoms with Crippen LogP contribution in [-0.4, -0.2) is 31.7 Å². The Morgan fingerprint density at radius 3 is 2.77 bits per heavy atom. The molecule has 2 atom stereocenters. The van der Waals surface area contributed by atoms with Gasteiger partial charge in [0.1, 0.15) is 0 Å². The van der Waals surface area contributed by atoms with E-state index in [1.54, 1.807) is 6.92 Å². The van der Waals surface area contributed by atoms with Gasteiger partial charge in [0, 0.05) is 13.7 Å². The molecule has 0 heterocycles. The Kier molecular flexibility index (Phi) is 5.94. The predicted molar refractivity (Wildman–Crippen MR) is 50.9 cm³/mol. The first kappa shape index (κ1) is 11.9. The monoisotopic (exact) mass is 184 g/mol. The number of methoxy groups -OCH3 is 1. The Morgan fingerprint density at radius 1 is 1.77 bits per heavy atom. The fraction of sp³-hybridized carbons (Fsp3) is 0.667. The number of amides is 1. The number of ether oxygens (including phenoxy) is 1. The summed E-state index contributed by atoms with van der Waals surface area (Å²) in [4.78, 5) is 11.2. The van der Waals surface area contributed by atoms with E-state index in [-0.39, 0.29) is 24.5 Å². The van der Waals surface area contributed by atoms with Gasteiger partial charge < -0.3 is 15.8 Å². The SMILES string of the molecule is C#CC(C)NC(=O)CC(CN)OC. The second kappa shape index (κ2) is 6.46. The molecule has 0 aliphatic rings. The molecular weight excluding hydrogens is 168 g/mol. The first-order valence-electron chi connectivity index (χ1n) is 4.12. The van der Waals surface area contributed by atoms with Crippen molar-refractivity contribution >= 4 is 5.91 Å². The summed E-state index contributed by atoms with van der Waals surface area (Å²) in [5, 5.41) is 2.62. The van der Waals surface area contributed by atoms with E-state index in [1.165, 1.54) is 7.11 Å². The van der Waals surface area contributed by atoms with E-state index in [1.807, 2.05) is 0 Å². The fourth-order valence-electron chi connectivity index (χ4n) is 0.812. The molecule has 0 aromatic heterocycles. The van der Waals surface area contributed by atoms with Crippen LogP contribution in [0.1, 0.15) is 13.3 Å². The Labute approximate surface area is 78.8 Å². The maximum atomic E-state index is 11.2. The van der Waals surface area contributed by atoms with Crippen molar-refractivity contribution in [1.82, 2.24) is 5.32 Å². The number of hydrogen-bond donors (Lipinski definition) is 2. The van der Waals surface area contributed by atoms with Gasteiger partial charge in [0.05, 0.1) is 18.6 Å². The van der Waals surface area contributed by atoms with Crippen LogP contribution in [0.3, 0.4) is 0 Å². The van der Waals surface area contributed by atoms with Gasteiger partial charge in [0.25, 0.3) is 0 Å². The highest BCUT2D eigenvalue weighted by molar-refractivity contribution is 5.77. The van der Waals surface area contributed by atoms with Crippen LogP contribution < -0.4 is 11.1 Å². The largest absolute Gasteiger partial charge is 0.380 e. The molecule has 0 aliphatic heterocycles. The lowest BCUT2D eigenvalue weighted by molar-refractivity contribution is -0.123. The van der Waals surface area contributed by atoms with Crippen LogP contribution in [0.5, 0.6) is 0 Å². The zero-order valence-electron chi connectivity index (χ0n) is 8.04. The number of nitrogens with one attached hydrogen (secondary N) is 1. The summed E-state index contributed by atoms with van der Waals surface area (Å²) < 4.78 is 4.95. The van der Waals surface area contributed by atoms with Crippen molar-refractivity contribution < 1.29 is 9.53 Å². The van der Waals surface area contributed by atoms with Crippen molar-refractivity contribution in [1.29, 1.82) is 0 Å². The van der Waals surface area contributed by atoms with Crippen LogP contribution in [0.4, 0.5) is 0 Å². The highest BCUT2D eigenvalue weighted by atomic mass is 16.5. The summed E-state index contributed by atoms with van der Waals surface area (Å²) >= 11 is 0. The fourth-order valence-corrected chi connectivity index (χ4v) is 0.812. The van der Waals surface area contributed by atoms with Crippen molar-refractivity contribution in [3.63, 3.8) is 0 Å². The molecule has 4 heteroatoms. The summed E-state index contributed by atoms with van der Waals surface area (Å²) in [7, 11) is 1.52. The van der Waals surface area contributed by atoms with Gasteiger partial charge in [-0.1, -0.05) is 5.92 Å². The molecule has 3 N–H and O–H groups in total. The summed E-state index contributed by atoms with van der Waals surface area (Å²) in [6.07, 6.45) is 5.11. The van der Waals surface area contributed by atoms with E-state index in [0.717, 1.165) is 0 Å². The smallest absolute Gasteiger partial charge is 0.223 e. The Morgan fingerprint density at radius 2 is 2.38 bits per heavy atom. The Bertz CT molecular complexity index is 194. The molecule has 0 saturated heterocycles. The van der Waals surface area contributed by atoms with Crippen molar-refractivity contribution in [3.8, 4) is 12.3 Å². The Balaban J connectivity index is 3.80. The zero-order valence-corrected chi connectivity index (χ0v) is 8.04. The molecule has 0 spiro atoms. The molecule has 74 valence electrons. The number of carbonyl (C=O) groups excluding carboxylic acids is 1. The summed E-state index contributed by atoms with van der Waals surface area (Å²) in [6.45, 7) is 2.07. The lowest BCUT2D eigenvalue weighted by Crippen LogP contribution is -2.36. The predicted octanol–water partition coefficient (Wildman–Crippen LogP) is -0.512. The molecule has 4 nitrogen and oxygen atoms in total. The van der Waals surface area contributed by atoms with Gasteiger partial charge >= 0.3 is 0 Å². The molecule has 0 aliphatic carbocycles. The number of hydrogen-bond acceptors (Lipinski definition) is 3. The van der Waals surface area contributed by atoms with Crippen LogP contribution in [0.15, 0.2) is 0 Å². The van der Waals surface area contributed by atoms with Crippen molar-refractivity contribution in [3.05, 3.63) is 0 Å². The highest BCUT2D eigenvalue weighted by Gasteiger charge is 2.12. The molecule has 0 fully saturated rings. The lowest BCUT2D eigenvalue weighted by atomic mass is 10.2. The van der Waals surface area contributed by atoms with Crippen LogP contribution in [-0.2, 0) is 9.53 Å². The lowest BCUT2D eigenvalue weighted by Gasteiger charge is -2.13. The number of nitrogens with two attached hydrogens (primary N) is 1. The maximum absolute atomic E-state index is 11.2. The first-order chi connectivity index (χ1) is 6.13. The summed E-state index contributed by atoms with van der Waals surface area (Å²) in [5.41, 5.74) is 5.35. The van der Waals surface area contributed by atoms with Crippen LogP contribution in [0.25, 0.3) is 0 Å². The van der Waals surface area contributed by atoms with Crippen molar-refractivity contribution in [2.75, 3.05) is 13.7 Å². The van der Waals surface area contributed by atoms with Gasteiger partial charge in [0.2, 0.25) is 5.91 Å². The normalized spacial score (nSPS) is 14.3. The van der Waals surface area contributed by atoms with Crippen molar-refractivity contribution in [2.24, 2.45) is 5.73 Å². The van der Waals surface area contributed by atoms with Gasteiger partial charge in [-0.25, -0.2) is 0 Å². The molecular formula is C9H16N2O2. The van der Waals surface area contributed by atoms with Gasteiger partial charge in [-0.05, 0) is 6.92 Å². The van der Waals surface area contributed by atoms with E-state index in [0.29, 0.717) is 6.54 Å². The third-order valence-corrected chi connectivity index (χ3v) is 1.64. The highest BCUT2D eigenvalue weighted by Crippen LogP contribution is 1.94. The topological polar surface area (TPSA) is 64.4 Å². The quantitative estimate of drug-likeness (QED) is 0.565. The number of carbonyl (C=O) groups is 1. The molecule has 0 radical (unpaired) electrons. The van der Waals surface area contributed by atoms with Crippen LogP contribution in [0, 0.1) is 12.3 Å². The molecule has 1 amide bonds. The third-order valence-electron chi connectivity index (χ3n) is 1.64. The summed E-state index contributed by atoms with van der Waals surface area (Å²) in [6, 6.07) is -0.247. The molecule has 0 bridgehead atoms. The number of terminal acetylenes is 1. The average Bonchev–Trinajstić information content (AvgIpc) is 2.13. The van der Waals surface area contributed by atoms with Crippen molar-refractivity contribution in [2.45, 2.75) is 25.5 Å². The van der Waals surface area contributed by atoms with E-state index in [2.05, 4.69) is 11.2 Å². The van der Waals surface area contributed by atoms with Gasteiger partial charge in [-0.3, -0.25) is 4.79 Å². The number of rotatable bonds is 5. The minimum atomic E-state index is -0.247. The van der Waals surface area contributed by atoms with E-state index in [4.69, 9.17) is 16.9 Å². The second-order valence-corrected chi connectivity index (χ2v) is 2.75. The van der Waals surface area contributed by atoms with Gasteiger partial charge in [-0.2, -0.15) is 0 Å². The van der Waals surface area contributed by atoms with E-state index >= 15 is 0 Å². The van der Waals surface area contributed by atoms with Crippen LogP contribution in [0.2, 0.25) is 0 Å². The van der Waals surface area contributed by atoms with Crippen LogP contribution >= 0.6 is 0 Å². The minimum Gasteiger partial charge on any atom is -0.380 e. The van der Waals surface area contributed by atoms with Gasteiger partial charge in [0.15, 0.2) is 0 Å². The van der Waals surface area contributed by atoms with E-state index in [9.17, 15) is 4.79 Å². The molecule has 0 rings (SSSR count). The molecule has 13 heavy (non-hydrogen) atoms. The second-order valence-electron chi connectivity index (χ2n) is 2.75. The summed E-state index contributed by atoms with van der Waals surface area (Å²) in [5.74, 6) is 2.26. The third kappa shape index (κ3) is 5.23. The minimum absolute atomic E-state index is 0.136. The van der Waals surface area contributed by atoms with E-state index < -0.39 is 0 Å².